The van der Waals surface area contributed by atoms with E-state index in [-0.39, 0.29) is 28.5 Å². The molecule has 0 unspecified atom stereocenters. The van der Waals surface area contributed by atoms with Crippen LogP contribution < -0.4 is 12.4 Å². The molecule has 0 saturated heterocycles. The van der Waals surface area contributed by atoms with Crippen LogP contribution in [-0.4, -0.2) is 29.4 Å². The van der Waals surface area contributed by atoms with Crippen molar-refractivity contribution in [1.29, 1.82) is 0 Å². The highest BCUT2D eigenvalue weighted by molar-refractivity contribution is 6.30. The maximum absolute atomic E-state index is 12.5. The number of rotatable bonds is 5. The molecule has 0 spiro atoms. The molecule has 0 aliphatic rings. The molecule has 132 valence electrons. The van der Waals surface area contributed by atoms with E-state index in [1.807, 2.05) is 12.1 Å². The Labute approximate surface area is 157 Å². The van der Waals surface area contributed by atoms with Crippen molar-refractivity contribution in [3.8, 4) is 0 Å². The number of halogens is 2. The van der Waals surface area contributed by atoms with Crippen molar-refractivity contribution in [1.82, 2.24) is 0 Å². The van der Waals surface area contributed by atoms with Gasteiger partial charge in [0.25, 0.3) is 5.69 Å². The van der Waals surface area contributed by atoms with Gasteiger partial charge in [0.2, 0.25) is 0 Å². The number of carbonyl (C=O) groups is 1. The molecule has 0 radical (unpaired) electrons. The van der Waals surface area contributed by atoms with Gasteiger partial charge >= 0.3 is 5.91 Å². The fourth-order valence-electron chi connectivity index (χ4n) is 2.28. The van der Waals surface area contributed by atoms with Crippen molar-refractivity contribution < 1.29 is 26.6 Å². The number of nitrogens with zero attached hydrogens (tertiary/aromatic N) is 2. The van der Waals surface area contributed by atoms with Crippen molar-refractivity contribution in [2.75, 3.05) is 14.1 Å². The largest absolute Gasteiger partial charge is 1.00 e. The molecule has 0 saturated carbocycles. The summed E-state index contributed by atoms with van der Waals surface area (Å²) in [4.78, 5) is 23.0. The molecule has 0 heterocycles. The number of hydrogen-bond acceptors (Lipinski definition) is 3. The molecule has 25 heavy (non-hydrogen) atoms. The molecule has 0 aliphatic heterocycles. The Kier molecular flexibility index (Phi) is 7.30. The molecular weight excluding hydrogens is 363 g/mol. The summed E-state index contributed by atoms with van der Waals surface area (Å²) in [6, 6.07) is 13.6. The summed E-state index contributed by atoms with van der Waals surface area (Å²) in [5.41, 5.74) is 1.36. The van der Waals surface area contributed by atoms with Gasteiger partial charge in [-0.1, -0.05) is 35.9 Å². The van der Waals surface area contributed by atoms with Crippen LogP contribution in [-0.2, 0) is 11.3 Å². The van der Waals surface area contributed by atoms with Gasteiger partial charge in [0.15, 0.2) is 0 Å². The first-order chi connectivity index (χ1) is 11.3. The lowest BCUT2D eigenvalue weighted by molar-refractivity contribution is -0.825. The highest BCUT2D eigenvalue weighted by Gasteiger charge is 2.24. The Morgan fingerprint density at radius 2 is 1.76 bits per heavy atom. The number of quaternary nitrogens is 1. The molecule has 2 aromatic rings. The lowest BCUT2D eigenvalue weighted by atomic mass is 10.1. The molecule has 1 amide bonds. The predicted octanol–water partition coefficient (Wildman–Crippen LogP) is 1.07. The van der Waals surface area contributed by atoms with Gasteiger partial charge in [-0.2, -0.15) is 0 Å². The number of nitro groups is 1. The number of benzene rings is 2. The Hall–Kier alpha value is -2.21. The summed E-state index contributed by atoms with van der Waals surface area (Å²) in [6.45, 7) is 0.497. The highest BCUT2D eigenvalue weighted by atomic mass is 35.5. The van der Waals surface area contributed by atoms with Gasteiger partial charge in [0, 0.05) is 22.7 Å². The molecule has 0 aromatic heterocycles. The summed E-state index contributed by atoms with van der Waals surface area (Å²) < 4.78 is 0.0960. The second-order valence-electron chi connectivity index (χ2n) is 5.96. The normalized spacial score (nSPS) is 11.2. The molecule has 0 bridgehead atoms. The first-order valence-corrected chi connectivity index (χ1v) is 7.71. The van der Waals surface area contributed by atoms with E-state index in [0.29, 0.717) is 17.1 Å². The minimum absolute atomic E-state index is 0. The van der Waals surface area contributed by atoms with Gasteiger partial charge in [-0.25, -0.2) is 4.79 Å². The number of carbonyl (C=O) groups excluding carboxylic acids is 1. The number of amides is 1. The van der Waals surface area contributed by atoms with Crippen molar-refractivity contribution >= 4 is 29.3 Å². The molecule has 0 fully saturated rings. The molecule has 0 N–H and O–H groups in total. The smallest absolute Gasteiger partial charge is 0.338 e. The van der Waals surface area contributed by atoms with Crippen molar-refractivity contribution in [2.45, 2.75) is 6.54 Å². The first-order valence-electron chi connectivity index (χ1n) is 7.33. The molecular formula is C18H18Cl2N2O3. The molecule has 2 rings (SSSR count). The Morgan fingerprint density at radius 1 is 1.16 bits per heavy atom. The Morgan fingerprint density at radius 3 is 2.36 bits per heavy atom. The summed E-state index contributed by atoms with van der Waals surface area (Å²) in [6.07, 6.45) is 2.88. The Bertz CT molecular complexity index is 787. The monoisotopic (exact) mass is 380 g/mol. The summed E-state index contributed by atoms with van der Waals surface area (Å²) in [7, 11) is 3.58. The van der Waals surface area contributed by atoms with Crippen LogP contribution >= 0.6 is 11.6 Å². The molecule has 0 atom stereocenters. The van der Waals surface area contributed by atoms with Crippen LogP contribution in [0.25, 0.3) is 6.08 Å². The van der Waals surface area contributed by atoms with E-state index in [1.165, 1.54) is 18.2 Å². The fraction of sp³-hybridized carbons (Fsp3) is 0.167. The van der Waals surface area contributed by atoms with E-state index in [2.05, 4.69) is 0 Å². The minimum atomic E-state index is -0.460. The molecule has 0 aliphatic carbocycles. The SMILES string of the molecule is C[N+](C)(Cc1ccc(Cl)cc1)C(=O)/C=C/c1ccccc1[N+](=O)[O-].[Cl-]. The summed E-state index contributed by atoms with van der Waals surface area (Å²) >= 11 is 5.87. The van der Waals surface area contributed by atoms with Crippen molar-refractivity contribution in [3.05, 3.63) is 80.9 Å². The average molecular weight is 381 g/mol. The van der Waals surface area contributed by atoms with Gasteiger partial charge in [-0.15, -0.1) is 0 Å². The van der Waals surface area contributed by atoms with E-state index in [4.69, 9.17) is 11.6 Å². The topological polar surface area (TPSA) is 60.2 Å². The van der Waals surface area contributed by atoms with Crippen LogP contribution in [0.2, 0.25) is 5.02 Å². The van der Waals surface area contributed by atoms with Crippen molar-refractivity contribution in [3.63, 3.8) is 0 Å². The average Bonchev–Trinajstić information content (AvgIpc) is 2.54. The van der Waals surface area contributed by atoms with Crippen LogP contribution in [0.3, 0.4) is 0 Å². The Balaban J connectivity index is 0.00000312. The maximum Gasteiger partial charge on any atom is 0.338 e. The van der Waals surface area contributed by atoms with Crippen LogP contribution in [0.1, 0.15) is 11.1 Å². The van der Waals surface area contributed by atoms with Crippen LogP contribution in [0.4, 0.5) is 5.69 Å². The van der Waals surface area contributed by atoms with Gasteiger partial charge in [0.1, 0.15) is 6.54 Å². The number of para-hydroxylation sites is 1. The van der Waals surface area contributed by atoms with Gasteiger partial charge in [-0.3, -0.25) is 14.6 Å². The zero-order valence-electron chi connectivity index (χ0n) is 13.9. The van der Waals surface area contributed by atoms with E-state index < -0.39 is 4.92 Å². The van der Waals surface area contributed by atoms with Crippen LogP contribution in [0.5, 0.6) is 0 Å². The highest BCUT2D eigenvalue weighted by Crippen LogP contribution is 2.20. The lowest BCUT2D eigenvalue weighted by Gasteiger charge is -2.25. The van der Waals surface area contributed by atoms with E-state index in [0.717, 1.165) is 5.56 Å². The number of nitro benzene ring substituents is 1. The van der Waals surface area contributed by atoms with E-state index >= 15 is 0 Å². The third-order valence-electron chi connectivity index (χ3n) is 3.63. The molecule has 2 aromatic carbocycles. The van der Waals surface area contributed by atoms with Crippen LogP contribution in [0.15, 0.2) is 54.6 Å². The summed E-state index contributed by atoms with van der Waals surface area (Å²) in [5.74, 6) is -0.150. The second kappa shape index (κ2) is 8.76. The van der Waals surface area contributed by atoms with Gasteiger partial charge < -0.3 is 12.4 Å². The fourth-order valence-corrected chi connectivity index (χ4v) is 2.41. The zero-order chi connectivity index (χ0) is 17.7. The third kappa shape index (κ3) is 5.67. The summed E-state index contributed by atoms with van der Waals surface area (Å²) in [5, 5.41) is 11.6. The van der Waals surface area contributed by atoms with E-state index in [1.54, 1.807) is 44.4 Å². The van der Waals surface area contributed by atoms with Gasteiger partial charge in [-0.05, 0) is 24.3 Å². The third-order valence-corrected chi connectivity index (χ3v) is 3.88. The maximum atomic E-state index is 12.5. The number of hydrogen-bond donors (Lipinski definition) is 0. The minimum Gasteiger partial charge on any atom is -1.00 e. The standard InChI is InChI=1S/C18H18ClN2O3.ClH/c1-21(2,13-14-7-10-16(19)11-8-14)18(22)12-9-15-5-3-4-6-17(15)20(23)24;/h3-12H,13H2,1-2H3;1H/q+1;/p-1/b12-9+;. The number of likely N-dealkylation sites (N-methyl/N-ethyl adjacent to an activating group) is 1. The van der Waals surface area contributed by atoms with Gasteiger partial charge in [0.05, 0.1) is 24.6 Å². The quantitative estimate of drug-likeness (QED) is 0.337. The lowest BCUT2D eigenvalue weighted by Crippen LogP contribution is -3.00. The molecule has 7 heteroatoms. The van der Waals surface area contributed by atoms with E-state index in [9.17, 15) is 14.9 Å². The predicted molar refractivity (Wildman–Crippen MR) is 94.4 cm³/mol. The van der Waals surface area contributed by atoms with Crippen molar-refractivity contribution in [2.24, 2.45) is 0 Å². The first kappa shape index (κ1) is 20.8. The molecule has 5 nitrogen and oxygen atoms in total. The second-order valence-corrected chi connectivity index (χ2v) is 6.39. The zero-order valence-corrected chi connectivity index (χ0v) is 15.4. The van der Waals surface area contributed by atoms with Crippen LogP contribution in [0, 0.1) is 10.1 Å².